The van der Waals surface area contributed by atoms with Gasteiger partial charge in [0.15, 0.2) is 0 Å². The molecule has 0 aliphatic rings. The number of benzene rings is 1. The van der Waals surface area contributed by atoms with Crippen LogP contribution in [0.5, 0.6) is 0 Å². The van der Waals surface area contributed by atoms with Crippen LogP contribution in [0.25, 0.3) is 11.5 Å². The van der Waals surface area contributed by atoms with Crippen LogP contribution in [0.3, 0.4) is 0 Å². The lowest BCUT2D eigenvalue weighted by Crippen LogP contribution is -1.97. The van der Waals surface area contributed by atoms with E-state index in [2.05, 4.69) is 4.98 Å². The number of oxazole rings is 1. The van der Waals surface area contributed by atoms with Crippen LogP contribution in [0, 0.1) is 6.92 Å². The van der Waals surface area contributed by atoms with E-state index in [0.29, 0.717) is 12.3 Å². The molecule has 4 heteroatoms. The zero-order chi connectivity index (χ0) is 12.3. The topological polar surface area (TPSA) is 63.3 Å². The lowest BCUT2D eigenvalue weighted by atomic mass is 10.1. The third-order valence-electron chi connectivity index (χ3n) is 2.45. The van der Waals surface area contributed by atoms with E-state index in [4.69, 9.17) is 9.52 Å². The molecule has 1 aromatic carbocycles. The number of carboxylic acids is 1. The van der Waals surface area contributed by atoms with E-state index < -0.39 is 5.97 Å². The Labute approximate surface area is 98.9 Å². The number of aliphatic carboxylic acids is 1. The Morgan fingerprint density at radius 1 is 1.35 bits per heavy atom. The largest absolute Gasteiger partial charge is 0.481 e. The molecule has 0 aliphatic carbocycles. The molecule has 1 aromatic heterocycles. The fourth-order valence-corrected chi connectivity index (χ4v) is 1.55. The standard InChI is InChI=1S/C13H13NO3/c1-9-8-17-13(14-9)11-5-2-10(3-6-11)4-7-12(15)16/h2-3,5-6,8H,4,7H2,1H3,(H,15,16). The molecule has 0 amide bonds. The Hall–Kier alpha value is -2.10. The van der Waals surface area contributed by atoms with Crippen LogP contribution in [0.15, 0.2) is 34.9 Å². The molecule has 0 aliphatic heterocycles. The molecule has 0 fully saturated rings. The molecule has 0 atom stereocenters. The van der Waals surface area contributed by atoms with Crippen molar-refractivity contribution in [1.82, 2.24) is 4.98 Å². The van der Waals surface area contributed by atoms with Crippen molar-refractivity contribution in [3.05, 3.63) is 41.8 Å². The first-order chi connectivity index (χ1) is 8.15. The maximum Gasteiger partial charge on any atom is 0.303 e. The van der Waals surface area contributed by atoms with Crippen molar-refractivity contribution in [2.24, 2.45) is 0 Å². The van der Waals surface area contributed by atoms with Crippen LogP contribution in [0.4, 0.5) is 0 Å². The van der Waals surface area contributed by atoms with Crippen molar-refractivity contribution < 1.29 is 14.3 Å². The zero-order valence-corrected chi connectivity index (χ0v) is 9.51. The fraction of sp³-hybridized carbons (Fsp3) is 0.231. The van der Waals surface area contributed by atoms with Gasteiger partial charge in [-0.15, -0.1) is 0 Å². The van der Waals surface area contributed by atoms with Crippen LogP contribution in [0.1, 0.15) is 17.7 Å². The Morgan fingerprint density at radius 3 is 2.59 bits per heavy atom. The van der Waals surface area contributed by atoms with Gasteiger partial charge in [0.05, 0.1) is 5.69 Å². The number of carboxylic acid groups (broad SMARTS) is 1. The molecule has 0 radical (unpaired) electrons. The van der Waals surface area contributed by atoms with Crippen LogP contribution < -0.4 is 0 Å². The monoisotopic (exact) mass is 231 g/mol. The van der Waals surface area contributed by atoms with Gasteiger partial charge in [-0.1, -0.05) is 12.1 Å². The minimum Gasteiger partial charge on any atom is -0.481 e. The van der Waals surface area contributed by atoms with E-state index >= 15 is 0 Å². The number of nitrogens with zero attached hydrogens (tertiary/aromatic N) is 1. The van der Waals surface area contributed by atoms with Gasteiger partial charge < -0.3 is 9.52 Å². The Bertz CT molecular complexity index is 514. The van der Waals surface area contributed by atoms with Gasteiger partial charge in [-0.3, -0.25) is 4.79 Å². The fourth-order valence-electron chi connectivity index (χ4n) is 1.55. The molecule has 0 unspecified atom stereocenters. The van der Waals surface area contributed by atoms with Gasteiger partial charge in [-0.25, -0.2) is 4.98 Å². The summed E-state index contributed by atoms with van der Waals surface area (Å²) in [6.07, 6.45) is 2.30. The Balaban J connectivity index is 2.10. The molecular weight excluding hydrogens is 218 g/mol. The number of aryl methyl sites for hydroxylation is 2. The first kappa shape index (κ1) is 11.4. The molecule has 88 valence electrons. The quantitative estimate of drug-likeness (QED) is 0.878. The second-order valence-corrected chi connectivity index (χ2v) is 3.88. The van der Waals surface area contributed by atoms with E-state index in [1.165, 1.54) is 0 Å². The molecule has 4 nitrogen and oxygen atoms in total. The molecule has 17 heavy (non-hydrogen) atoms. The smallest absolute Gasteiger partial charge is 0.303 e. The normalized spacial score (nSPS) is 10.4. The maximum atomic E-state index is 10.4. The first-order valence-corrected chi connectivity index (χ1v) is 5.38. The van der Waals surface area contributed by atoms with Crippen LogP contribution in [0.2, 0.25) is 0 Å². The zero-order valence-electron chi connectivity index (χ0n) is 9.51. The summed E-state index contributed by atoms with van der Waals surface area (Å²) in [6, 6.07) is 7.58. The second-order valence-electron chi connectivity index (χ2n) is 3.88. The molecule has 0 saturated carbocycles. The van der Waals surface area contributed by atoms with Gasteiger partial charge in [0.25, 0.3) is 0 Å². The van der Waals surface area contributed by atoms with E-state index in [1.807, 2.05) is 31.2 Å². The molecule has 1 N–H and O–H groups in total. The summed E-state index contributed by atoms with van der Waals surface area (Å²) in [5, 5.41) is 8.59. The van der Waals surface area contributed by atoms with Crippen molar-refractivity contribution >= 4 is 5.97 Å². The third kappa shape index (κ3) is 2.93. The highest BCUT2D eigenvalue weighted by molar-refractivity contribution is 5.67. The van der Waals surface area contributed by atoms with Crippen molar-refractivity contribution in [1.29, 1.82) is 0 Å². The van der Waals surface area contributed by atoms with Crippen LogP contribution >= 0.6 is 0 Å². The summed E-state index contributed by atoms with van der Waals surface area (Å²) in [5.74, 6) is -0.190. The molecular formula is C13H13NO3. The number of carbonyl (C=O) groups is 1. The van der Waals surface area contributed by atoms with Crippen molar-refractivity contribution in [2.75, 3.05) is 0 Å². The Kier molecular flexibility index (Phi) is 3.23. The third-order valence-corrected chi connectivity index (χ3v) is 2.45. The van der Waals surface area contributed by atoms with Crippen LogP contribution in [-0.2, 0) is 11.2 Å². The molecule has 0 bridgehead atoms. The second kappa shape index (κ2) is 4.82. The van der Waals surface area contributed by atoms with E-state index in [-0.39, 0.29) is 6.42 Å². The predicted molar refractivity (Wildman–Crippen MR) is 62.6 cm³/mol. The number of hydrogen-bond donors (Lipinski definition) is 1. The van der Waals surface area contributed by atoms with Crippen molar-refractivity contribution in [3.8, 4) is 11.5 Å². The summed E-state index contributed by atoms with van der Waals surface area (Å²) < 4.78 is 5.28. The number of rotatable bonds is 4. The highest BCUT2D eigenvalue weighted by atomic mass is 16.4. The van der Waals surface area contributed by atoms with E-state index in [0.717, 1.165) is 16.8 Å². The highest BCUT2D eigenvalue weighted by Gasteiger charge is 2.04. The Morgan fingerprint density at radius 2 is 2.06 bits per heavy atom. The summed E-state index contributed by atoms with van der Waals surface area (Å²) in [5.41, 5.74) is 2.74. The number of hydrogen-bond acceptors (Lipinski definition) is 3. The van der Waals surface area contributed by atoms with Gasteiger partial charge in [0.1, 0.15) is 6.26 Å². The first-order valence-electron chi connectivity index (χ1n) is 5.38. The summed E-state index contributed by atoms with van der Waals surface area (Å²) >= 11 is 0. The average Bonchev–Trinajstić information content (AvgIpc) is 2.74. The SMILES string of the molecule is Cc1coc(-c2ccc(CCC(=O)O)cc2)n1. The molecule has 2 rings (SSSR count). The summed E-state index contributed by atoms with van der Waals surface area (Å²) in [4.78, 5) is 14.7. The predicted octanol–water partition coefficient (Wildman–Crippen LogP) is 2.67. The van der Waals surface area contributed by atoms with Gasteiger partial charge in [-0.05, 0) is 31.0 Å². The molecule has 0 saturated heterocycles. The van der Waals surface area contributed by atoms with E-state index in [9.17, 15) is 4.79 Å². The molecule has 1 heterocycles. The van der Waals surface area contributed by atoms with Gasteiger partial charge >= 0.3 is 5.97 Å². The lowest BCUT2D eigenvalue weighted by molar-refractivity contribution is -0.136. The van der Waals surface area contributed by atoms with Gasteiger partial charge in [0, 0.05) is 12.0 Å². The van der Waals surface area contributed by atoms with Crippen LogP contribution in [-0.4, -0.2) is 16.1 Å². The van der Waals surface area contributed by atoms with Crippen molar-refractivity contribution in [2.45, 2.75) is 19.8 Å². The molecule has 0 spiro atoms. The average molecular weight is 231 g/mol. The van der Waals surface area contributed by atoms with Gasteiger partial charge in [-0.2, -0.15) is 0 Å². The number of aromatic nitrogens is 1. The molecule has 2 aromatic rings. The van der Waals surface area contributed by atoms with Gasteiger partial charge in [0.2, 0.25) is 5.89 Å². The summed E-state index contributed by atoms with van der Waals surface area (Å²) in [6.45, 7) is 1.87. The minimum atomic E-state index is -0.780. The highest BCUT2D eigenvalue weighted by Crippen LogP contribution is 2.19. The summed E-state index contributed by atoms with van der Waals surface area (Å²) in [7, 11) is 0. The maximum absolute atomic E-state index is 10.4. The van der Waals surface area contributed by atoms with E-state index in [1.54, 1.807) is 6.26 Å². The van der Waals surface area contributed by atoms with Crippen molar-refractivity contribution in [3.63, 3.8) is 0 Å². The lowest BCUT2D eigenvalue weighted by Gasteiger charge is -2.00. The minimum absolute atomic E-state index is 0.150.